The Kier molecular flexibility index (Phi) is 4.33. The molecule has 1 rings (SSSR count). The summed E-state index contributed by atoms with van der Waals surface area (Å²) in [5.74, 6) is 3.60. The van der Waals surface area contributed by atoms with Crippen LogP contribution in [0, 0.1) is 16.1 Å². The lowest BCUT2D eigenvalue weighted by atomic mass is 10.2. The number of furan rings is 1. The highest BCUT2D eigenvalue weighted by molar-refractivity contribution is 14.1. The third-order valence-corrected chi connectivity index (χ3v) is 2.34. The van der Waals surface area contributed by atoms with Crippen LogP contribution < -0.4 is 5.32 Å². The molecule has 0 amide bonds. The van der Waals surface area contributed by atoms with Crippen LogP contribution in [0.4, 0.5) is 0 Å². The predicted octanol–water partition coefficient (Wildman–Crippen LogP) is 2.39. The second-order valence-electron chi connectivity index (χ2n) is 2.71. The van der Waals surface area contributed by atoms with Gasteiger partial charge in [-0.3, -0.25) is 5.32 Å². The Morgan fingerprint density at radius 3 is 2.92 bits per heavy atom. The molecule has 1 aromatic heterocycles. The van der Waals surface area contributed by atoms with Gasteiger partial charge in [-0.15, -0.1) is 6.42 Å². The molecule has 0 aliphatic carbocycles. The second kappa shape index (κ2) is 5.30. The number of terminal acetylenes is 1. The van der Waals surface area contributed by atoms with Crippen LogP contribution in [-0.2, 0) is 6.54 Å². The molecule has 1 aromatic rings. The molecule has 3 heteroatoms. The minimum atomic E-state index is 0.141. The number of nitrogens with one attached hydrogen (secondary N) is 1. The molecule has 1 heterocycles. The molecule has 0 radical (unpaired) electrons. The summed E-state index contributed by atoms with van der Waals surface area (Å²) >= 11 is 2.14. The molecule has 0 spiro atoms. The first-order valence-corrected chi connectivity index (χ1v) is 5.28. The zero-order valence-corrected chi connectivity index (χ0v) is 9.67. The number of halogens is 1. The Bertz CT molecular complexity index is 300. The molecule has 1 unspecified atom stereocenters. The maximum atomic E-state index is 5.38. The monoisotopic (exact) mass is 289 g/mol. The van der Waals surface area contributed by atoms with Crippen molar-refractivity contribution >= 4 is 22.6 Å². The fourth-order valence-electron chi connectivity index (χ4n) is 0.992. The van der Waals surface area contributed by atoms with Crippen LogP contribution in [0.3, 0.4) is 0 Å². The van der Waals surface area contributed by atoms with Crippen molar-refractivity contribution in [2.75, 3.05) is 0 Å². The predicted molar refractivity (Wildman–Crippen MR) is 61.2 cm³/mol. The molecular weight excluding hydrogens is 277 g/mol. The summed E-state index contributed by atoms with van der Waals surface area (Å²) in [6.45, 7) is 2.76. The van der Waals surface area contributed by atoms with Crippen LogP contribution in [0.25, 0.3) is 0 Å². The van der Waals surface area contributed by atoms with E-state index in [9.17, 15) is 0 Å². The topological polar surface area (TPSA) is 25.2 Å². The highest BCUT2D eigenvalue weighted by Crippen LogP contribution is 2.09. The van der Waals surface area contributed by atoms with E-state index in [4.69, 9.17) is 10.8 Å². The van der Waals surface area contributed by atoms with Gasteiger partial charge in [0, 0.05) is 0 Å². The van der Waals surface area contributed by atoms with E-state index in [1.54, 1.807) is 0 Å². The molecule has 2 nitrogen and oxygen atoms in total. The van der Waals surface area contributed by atoms with Crippen molar-refractivity contribution in [3.63, 3.8) is 0 Å². The van der Waals surface area contributed by atoms with E-state index in [0.29, 0.717) is 6.54 Å². The van der Waals surface area contributed by atoms with Gasteiger partial charge < -0.3 is 4.42 Å². The molecule has 0 saturated carbocycles. The van der Waals surface area contributed by atoms with Crippen molar-refractivity contribution in [2.45, 2.75) is 25.9 Å². The summed E-state index contributed by atoms with van der Waals surface area (Å²) < 4.78 is 6.28. The SMILES string of the molecule is C#CC(CC)NCc1ccc(I)o1. The number of hydrogen-bond donors (Lipinski definition) is 1. The quantitative estimate of drug-likeness (QED) is 0.680. The Balaban J connectivity index is 2.39. The summed E-state index contributed by atoms with van der Waals surface area (Å²) in [5.41, 5.74) is 0. The Morgan fingerprint density at radius 2 is 2.46 bits per heavy atom. The van der Waals surface area contributed by atoms with E-state index in [1.807, 2.05) is 12.1 Å². The van der Waals surface area contributed by atoms with Gasteiger partial charge in [-0.2, -0.15) is 0 Å². The zero-order chi connectivity index (χ0) is 9.68. The first-order chi connectivity index (χ1) is 6.26. The van der Waals surface area contributed by atoms with Crippen molar-refractivity contribution in [3.05, 3.63) is 21.7 Å². The molecule has 0 saturated heterocycles. The van der Waals surface area contributed by atoms with Crippen LogP contribution in [0.2, 0.25) is 0 Å². The van der Waals surface area contributed by atoms with Crippen LogP contribution in [0.1, 0.15) is 19.1 Å². The minimum absolute atomic E-state index is 0.141. The summed E-state index contributed by atoms with van der Waals surface area (Å²) in [7, 11) is 0. The molecular formula is C10H12INO. The smallest absolute Gasteiger partial charge is 0.164 e. The largest absolute Gasteiger partial charge is 0.454 e. The fraction of sp³-hybridized carbons (Fsp3) is 0.400. The number of hydrogen-bond acceptors (Lipinski definition) is 2. The minimum Gasteiger partial charge on any atom is -0.454 e. The molecule has 70 valence electrons. The highest BCUT2D eigenvalue weighted by Gasteiger charge is 2.03. The fourth-order valence-corrected chi connectivity index (χ4v) is 1.45. The van der Waals surface area contributed by atoms with Gasteiger partial charge in [0.25, 0.3) is 0 Å². The molecule has 13 heavy (non-hydrogen) atoms. The van der Waals surface area contributed by atoms with Crippen LogP contribution >= 0.6 is 22.6 Å². The summed E-state index contributed by atoms with van der Waals surface area (Å²) in [4.78, 5) is 0. The lowest BCUT2D eigenvalue weighted by Gasteiger charge is -2.07. The van der Waals surface area contributed by atoms with Crippen molar-refractivity contribution in [3.8, 4) is 12.3 Å². The molecule has 0 aliphatic rings. The summed E-state index contributed by atoms with van der Waals surface area (Å²) in [6.07, 6.45) is 6.25. The van der Waals surface area contributed by atoms with Crippen molar-refractivity contribution in [1.82, 2.24) is 5.32 Å². The standard InChI is InChI=1S/C10H12INO/c1-3-8(4-2)12-7-9-5-6-10(11)13-9/h1,5-6,8,12H,4,7H2,2H3. The average molecular weight is 289 g/mol. The lowest BCUT2D eigenvalue weighted by molar-refractivity contribution is 0.451. The molecule has 1 atom stereocenters. The van der Waals surface area contributed by atoms with Gasteiger partial charge in [0.2, 0.25) is 0 Å². The van der Waals surface area contributed by atoms with E-state index in [2.05, 4.69) is 40.8 Å². The highest BCUT2D eigenvalue weighted by atomic mass is 127. The maximum Gasteiger partial charge on any atom is 0.164 e. The molecule has 1 N–H and O–H groups in total. The van der Waals surface area contributed by atoms with Crippen molar-refractivity contribution in [1.29, 1.82) is 0 Å². The average Bonchev–Trinajstić information content (AvgIpc) is 2.53. The third-order valence-electron chi connectivity index (χ3n) is 1.76. The number of rotatable bonds is 4. The Morgan fingerprint density at radius 1 is 1.69 bits per heavy atom. The van der Waals surface area contributed by atoms with Crippen LogP contribution in [0.5, 0.6) is 0 Å². The van der Waals surface area contributed by atoms with Gasteiger partial charge in [0.05, 0.1) is 12.6 Å². The van der Waals surface area contributed by atoms with E-state index in [1.165, 1.54) is 0 Å². The van der Waals surface area contributed by atoms with Gasteiger partial charge in [-0.25, -0.2) is 0 Å². The van der Waals surface area contributed by atoms with Crippen molar-refractivity contribution in [2.24, 2.45) is 0 Å². The summed E-state index contributed by atoms with van der Waals surface area (Å²) in [5, 5.41) is 3.22. The van der Waals surface area contributed by atoms with E-state index in [0.717, 1.165) is 15.9 Å². The van der Waals surface area contributed by atoms with E-state index < -0.39 is 0 Å². The first-order valence-electron chi connectivity index (χ1n) is 4.20. The van der Waals surface area contributed by atoms with Gasteiger partial charge in [0.1, 0.15) is 5.76 Å². The van der Waals surface area contributed by atoms with E-state index in [-0.39, 0.29) is 6.04 Å². The van der Waals surface area contributed by atoms with Gasteiger partial charge in [0.15, 0.2) is 3.77 Å². The molecule has 0 aliphatic heterocycles. The van der Waals surface area contributed by atoms with Crippen LogP contribution in [-0.4, -0.2) is 6.04 Å². The normalized spacial score (nSPS) is 12.4. The molecule has 0 bridgehead atoms. The lowest BCUT2D eigenvalue weighted by Crippen LogP contribution is -2.25. The van der Waals surface area contributed by atoms with E-state index >= 15 is 0 Å². The first kappa shape index (κ1) is 10.6. The molecule has 0 fully saturated rings. The Labute approximate surface area is 92.2 Å². The molecule has 0 aromatic carbocycles. The van der Waals surface area contributed by atoms with Crippen molar-refractivity contribution < 1.29 is 4.42 Å². The van der Waals surface area contributed by atoms with Gasteiger partial charge in [-0.05, 0) is 41.1 Å². The third kappa shape index (κ3) is 3.41. The van der Waals surface area contributed by atoms with Gasteiger partial charge in [-0.1, -0.05) is 12.8 Å². The van der Waals surface area contributed by atoms with Gasteiger partial charge >= 0.3 is 0 Å². The summed E-state index contributed by atoms with van der Waals surface area (Å²) in [6, 6.07) is 4.04. The zero-order valence-electron chi connectivity index (χ0n) is 7.51. The Hall–Kier alpha value is -0.470. The second-order valence-corrected chi connectivity index (χ2v) is 3.78. The maximum absolute atomic E-state index is 5.38. The van der Waals surface area contributed by atoms with Crippen LogP contribution in [0.15, 0.2) is 16.5 Å².